The molecule has 0 aliphatic carbocycles. The van der Waals surface area contributed by atoms with Crippen molar-refractivity contribution in [1.82, 2.24) is 10.6 Å². The second-order valence-electron chi connectivity index (χ2n) is 4.98. The van der Waals surface area contributed by atoms with Crippen molar-refractivity contribution in [3.8, 4) is 0 Å². The summed E-state index contributed by atoms with van der Waals surface area (Å²) in [7, 11) is 0. The molecule has 2 rings (SSSR count). The second-order valence-corrected chi connectivity index (χ2v) is 5.76. The van der Waals surface area contributed by atoms with E-state index in [1.165, 1.54) is 0 Å². The van der Waals surface area contributed by atoms with Gasteiger partial charge in [0.1, 0.15) is 5.82 Å². The summed E-state index contributed by atoms with van der Waals surface area (Å²) < 4.78 is 52.1. The number of nitrogens with zero attached hydrogens (tertiary/aromatic N) is 1. The van der Waals surface area contributed by atoms with E-state index in [9.17, 15) is 17.6 Å². The molecule has 3 nitrogen and oxygen atoms in total. The van der Waals surface area contributed by atoms with Crippen molar-refractivity contribution in [2.24, 2.45) is 4.99 Å². The number of halogens is 4. The SMILES string of the molecule is CCNC(=NCc1ccsc1)NCc1ccc(F)cc1C(F)(F)F. The van der Waals surface area contributed by atoms with E-state index >= 15 is 0 Å². The Bertz CT molecular complexity index is 681. The predicted octanol–water partition coefficient (Wildman–Crippen LogP) is 4.16. The van der Waals surface area contributed by atoms with E-state index in [-0.39, 0.29) is 12.1 Å². The van der Waals surface area contributed by atoms with Crippen molar-refractivity contribution >= 4 is 17.3 Å². The quantitative estimate of drug-likeness (QED) is 0.478. The lowest BCUT2D eigenvalue weighted by molar-refractivity contribution is -0.138. The van der Waals surface area contributed by atoms with E-state index in [1.54, 1.807) is 11.3 Å². The summed E-state index contributed by atoms with van der Waals surface area (Å²) in [5.74, 6) is -0.509. The normalized spacial score (nSPS) is 12.3. The average Bonchev–Trinajstić information content (AvgIpc) is 3.03. The first-order chi connectivity index (χ1) is 11.4. The van der Waals surface area contributed by atoms with Gasteiger partial charge in [-0.3, -0.25) is 0 Å². The summed E-state index contributed by atoms with van der Waals surface area (Å²) in [4.78, 5) is 4.33. The third kappa shape index (κ3) is 5.23. The van der Waals surface area contributed by atoms with Crippen LogP contribution in [-0.2, 0) is 19.3 Å². The maximum absolute atomic E-state index is 13.1. The first kappa shape index (κ1) is 18.3. The van der Waals surface area contributed by atoms with Crippen LogP contribution in [0.1, 0.15) is 23.6 Å². The summed E-state index contributed by atoms with van der Waals surface area (Å²) in [6, 6.07) is 4.58. The molecule has 0 fully saturated rings. The van der Waals surface area contributed by atoms with Crippen LogP contribution in [0.3, 0.4) is 0 Å². The van der Waals surface area contributed by atoms with E-state index < -0.39 is 17.6 Å². The third-order valence-corrected chi connectivity index (χ3v) is 3.90. The molecule has 0 amide bonds. The molecule has 0 unspecified atom stereocenters. The number of benzene rings is 1. The number of aliphatic imine (C=N–C) groups is 1. The standard InChI is InChI=1S/C16H17F4N3S/c1-2-21-15(22-8-11-5-6-24-10-11)23-9-12-3-4-13(17)7-14(12)16(18,19)20/h3-7,10H,2,8-9H2,1H3,(H2,21,22,23). The van der Waals surface area contributed by atoms with Crippen LogP contribution in [0.15, 0.2) is 40.0 Å². The summed E-state index contributed by atoms with van der Waals surface area (Å²) in [5.41, 5.74) is 0.00341. The van der Waals surface area contributed by atoms with E-state index in [2.05, 4.69) is 15.6 Å². The van der Waals surface area contributed by atoms with Crippen LogP contribution in [-0.4, -0.2) is 12.5 Å². The maximum atomic E-state index is 13.1. The molecule has 0 aliphatic rings. The minimum Gasteiger partial charge on any atom is -0.357 e. The van der Waals surface area contributed by atoms with Crippen LogP contribution in [0.2, 0.25) is 0 Å². The highest BCUT2D eigenvalue weighted by Crippen LogP contribution is 2.32. The molecule has 24 heavy (non-hydrogen) atoms. The molecule has 0 saturated heterocycles. The summed E-state index contributed by atoms with van der Waals surface area (Å²) in [6.45, 7) is 2.75. The zero-order valence-electron chi connectivity index (χ0n) is 13.0. The Morgan fingerprint density at radius 2 is 2.00 bits per heavy atom. The van der Waals surface area contributed by atoms with Crippen molar-refractivity contribution in [3.63, 3.8) is 0 Å². The monoisotopic (exact) mass is 359 g/mol. The van der Waals surface area contributed by atoms with Crippen LogP contribution in [0.4, 0.5) is 17.6 Å². The molecular formula is C16H17F4N3S. The average molecular weight is 359 g/mol. The molecule has 2 N–H and O–H groups in total. The molecule has 0 aliphatic heterocycles. The molecule has 0 radical (unpaired) electrons. The molecule has 1 aromatic heterocycles. The number of alkyl halides is 3. The first-order valence-electron chi connectivity index (χ1n) is 7.29. The van der Waals surface area contributed by atoms with Crippen molar-refractivity contribution < 1.29 is 17.6 Å². The van der Waals surface area contributed by atoms with Gasteiger partial charge in [-0.15, -0.1) is 0 Å². The van der Waals surface area contributed by atoms with Gasteiger partial charge < -0.3 is 10.6 Å². The Kier molecular flexibility index (Phi) is 6.19. The van der Waals surface area contributed by atoms with E-state index in [0.717, 1.165) is 17.7 Å². The van der Waals surface area contributed by atoms with Gasteiger partial charge in [0.15, 0.2) is 5.96 Å². The topological polar surface area (TPSA) is 36.4 Å². The fourth-order valence-electron chi connectivity index (χ4n) is 2.04. The molecule has 0 atom stereocenters. The molecule has 0 bridgehead atoms. The fourth-order valence-corrected chi connectivity index (χ4v) is 2.70. The zero-order chi connectivity index (χ0) is 17.6. The molecule has 1 heterocycles. The molecule has 0 saturated carbocycles. The van der Waals surface area contributed by atoms with E-state index in [4.69, 9.17) is 0 Å². The zero-order valence-corrected chi connectivity index (χ0v) is 13.8. The van der Waals surface area contributed by atoms with Crippen LogP contribution in [0, 0.1) is 5.82 Å². The first-order valence-corrected chi connectivity index (χ1v) is 8.23. The molecule has 0 spiro atoms. The van der Waals surface area contributed by atoms with Crippen LogP contribution < -0.4 is 10.6 Å². The van der Waals surface area contributed by atoms with Crippen molar-refractivity contribution in [3.05, 3.63) is 57.5 Å². The largest absolute Gasteiger partial charge is 0.416 e. The van der Waals surface area contributed by atoms with Gasteiger partial charge in [0.25, 0.3) is 0 Å². The summed E-state index contributed by atoms with van der Waals surface area (Å²) >= 11 is 1.55. The van der Waals surface area contributed by atoms with E-state index in [0.29, 0.717) is 25.1 Å². The highest BCUT2D eigenvalue weighted by Gasteiger charge is 2.33. The number of rotatable bonds is 5. The smallest absolute Gasteiger partial charge is 0.357 e. The highest BCUT2D eigenvalue weighted by atomic mass is 32.1. The van der Waals surface area contributed by atoms with Crippen molar-refractivity contribution in [2.45, 2.75) is 26.2 Å². The highest BCUT2D eigenvalue weighted by molar-refractivity contribution is 7.07. The lowest BCUT2D eigenvalue weighted by Crippen LogP contribution is -2.37. The Labute approximate surface area is 141 Å². The number of thiophene rings is 1. The van der Waals surface area contributed by atoms with Crippen molar-refractivity contribution in [1.29, 1.82) is 0 Å². The van der Waals surface area contributed by atoms with Gasteiger partial charge in [-0.2, -0.15) is 24.5 Å². The lowest BCUT2D eigenvalue weighted by atomic mass is 10.1. The Balaban J connectivity index is 2.10. The van der Waals surface area contributed by atoms with E-state index in [1.807, 2.05) is 23.8 Å². The minimum absolute atomic E-state index is 0.0370. The number of guanidine groups is 1. The molecule has 130 valence electrons. The van der Waals surface area contributed by atoms with Crippen molar-refractivity contribution in [2.75, 3.05) is 6.54 Å². The van der Waals surface area contributed by atoms with Gasteiger partial charge in [0.05, 0.1) is 12.1 Å². The van der Waals surface area contributed by atoms with Crippen LogP contribution in [0.5, 0.6) is 0 Å². The second kappa shape index (κ2) is 8.14. The number of hydrogen-bond donors (Lipinski definition) is 2. The Morgan fingerprint density at radius 1 is 1.21 bits per heavy atom. The number of hydrogen-bond acceptors (Lipinski definition) is 2. The van der Waals surface area contributed by atoms with Crippen LogP contribution >= 0.6 is 11.3 Å². The maximum Gasteiger partial charge on any atom is 0.416 e. The van der Waals surface area contributed by atoms with Crippen LogP contribution in [0.25, 0.3) is 0 Å². The molecule has 1 aromatic carbocycles. The molecule has 2 aromatic rings. The van der Waals surface area contributed by atoms with Gasteiger partial charge in [-0.25, -0.2) is 9.38 Å². The van der Waals surface area contributed by atoms with Gasteiger partial charge >= 0.3 is 6.18 Å². The van der Waals surface area contributed by atoms with Gasteiger partial charge in [-0.05, 0) is 47.0 Å². The minimum atomic E-state index is -4.61. The Hall–Kier alpha value is -2.09. The summed E-state index contributed by atoms with van der Waals surface area (Å²) in [5, 5.41) is 9.71. The predicted molar refractivity (Wildman–Crippen MR) is 87.4 cm³/mol. The fraction of sp³-hybridized carbons (Fsp3) is 0.312. The Morgan fingerprint density at radius 3 is 2.62 bits per heavy atom. The van der Waals surface area contributed by atoms with Gasteiger partial charge in [0.2, 0.25) is 0 Å². The number of nitrogens with one attached hydrogen (secondary N) is 2. The van der Waals surface area contributed by atoms with Gasteiger partial charge in [-0.1, -0.05) is 6.07 Å². The van der Waals surface area contributed by atoms with Gasteiger partial charge in [0, 0.05) is 13.1 Å². The summed E-state index contributed by atoms with van der Waals surface area (Å²) in [6.07, 6.45) is -4.61. The third-order valence-electron chi connectivity index (χ3n) is 3.17. The molecular weight excluding hydrogens is 342 g/mol. The lowest BCUT2D eigenvalue weighted by Gasteiger charge is -2.15. The molecule has 8 heteroatoms.